The molecule has 0 aliphatic carbocycles. The van der Waals surface area contributed by atoms with Gasteiger partial charge in [-0.25, -0.2) is 0 Å². The number of halogens is 1. The summed E-state index contributed by atoms with van der Waals surface area (Å²) in [5.74, 6) is 0.629. The first-order valence-electron chi connectivity index (χ1n) is 4.79. The Morgan fingerprint density at radius 3 is 2.79 bits per heavy atom. The van der Waals surface area contributed by atoms with Gasteiger partial charge in [0, 0.05) is 0 Å². The van der Waals surface area contributed by atoms with Crippen LogP contribution in [0.5, 0.6) is 5.75 Å². The molecule has 2 nitrogen and oxygen atoms in total. The van der Waals surface area contributed by atoms with E-state index < -0.39 is 6.10 Å². The molecule has 0 bridgehead atoms. The van der Waals surface area contributed by atoms with Crippen LogP contribution in [0.3, 0.4) is 0 Å². The van der Waals surface area contributed by atoms with Crippen LogP contribution in [0.1, 0.15) is 19.8 Å². The number of aliphatic hydroxyl groups excluding tert-OH is 1. The fourth-order valence-electron chi connectivity index (χ4n) is 1.16. The Morgan fingerprint density at radius 2 is 2.14 bits per heavy atom. The van der Waals surface area contributed by atoms with Gasteiger partial charge in [-0.3, -0.25) is 0 Å². The summed E-state index contributed by atoms with van der Waals surface area (Å²) in [4.78, 5) is 0. The van der Waals surface area contributed by atoms with Gasteiger partial charge in [-0.15, -0.1) is 0 Å². The van der Waals surface area contributed by atoms with E-state index >= 15 is 0 Å². The molecule has 0 fully saturated rings. The van der Waals surface area contributed by atoms with Gasteiger partial charge >= 0.3 is 0 Å². The van der Waals surface area contributed by atoms with Crippen molar-refractivity contribution >= 4 is 11.6 Å². The van der Waals surface area contributed by atoms with E-state index in [1.807, 2.05) is 19.1 Å². The second-order valence-electron chi connectivity index (χ2n) is 3.18. The molecule has 0 aliphatic heterocycles. The molecular formula is C11H15ClO2. The number of benzene rings is 1. The van der Waals surface area contributed by atoms with Crippen molar-refractivity contribution in [3.63, 3.8) is 0 Å². The second kappa shape index (κ2) is 5.89. The first kappa shape index (κ1) is 11.3. The van der Waals surface area contributed by atoms with Gasteiger partial charge in [0.05, 0.1) is 11.1 Å². The summed E-state index contributed by atoms with van der Waals surface area (Å²) in [6, 6.07) is 7.26. The van der Waals surface area contributed by atoms with Crippen molar-refractivity contribution in [2.24, 2.45) is 0 Å². The number of aliphatic hydroxyl groups is 1. The lowest BCUT2D eigenvalue weighted by atomic mass is 10.2. The number of hydrogen-bond donors (Lipinski definition) is 1. The van der Waals surface area contributed by atoms with Gasteiger partial charge in [0.25, 0.3) is 0 Å². The van der Waals surface area contributed by atoms with Gasteiger partial charge in [0.15, 0.2) is 0 Å². The molecule has 1 N–H and O–H groups in total. The number of hydrogen-bond acceptors (Lipinski definition) is 2. The lowest BCUT2D eigenvalue weighted by molar-refractivity contribution is 0.0994. The SMILES string of the molecule is CCCC(O)COc1ccccc1Cl. The summed E-state index contributed by atoms with van der Waals surface area (Å²) in [7, 11) is 0. The van der Waals surface area contributed by atoms with E-state index in [1.165, 1.54) is 0 Å². The highest BCUT2D eigenvalue weighted by atomic mass is 35.5. The van der Waals surface area contributed by atoms with Crippen LogP contribution >= 0.6 is 11.6 Å². The molecular weight excluding hydrogens is 200 g/mol. The van der Waals surface area contributed by atoms with Crippen molar-refractivity contribution in [3.8, 4) is 5.75 Å². The average molecular weight is 215 g/mol. The van der Waals surface area contributed by atoms with Crippen LogP contribution in [0.25, 0.3) is 0 Å². The number of para-hydroxylation sites is 1. The summed E-state index contributed by atoms with van der Waals surface area (Å²) in [5, 5.41) is 10.0. The van der Waals surface area contributed by atoms with E-state index in [2.05, 4.69) is 0 Å². The largest absolute Gasteiger partial charge is 0.489 e. The minimum atomic E-state index is -0.406. The molecule has 0 saturated carbocycles. The first-order chi connectivity index (χ1) is 6.74. The zero-order valence-electron chi connectivity index (χ0n) is 8.24. The second-order valence-corrected chi connectivity index (χ2v) is 3.59. The van der Waals surface area contributed by atoms with Crippen molar-refractivity contribution in [2.45, 2.75) is 25.9 Å². The van der Waals surface area contributed by atoms with Crippen LogP contribution in [0.15, 0.2) is 24.3 Å². The van der Waals surface area contributed by atoms with Crippen molar-refractivity contribution in [2.75, 3.05) is 6.61 Å². The average Bonchev–Trinajstić information content (AvgIpc) is 2.17. The predicted molar refractivity (Wildman–Crippen MR) is 57.9 cm³/mol. The van der Waals surface area contributed by atoms with E-state index in [4.69, 9.17) is 16.3 Å². The van der Waals surface area contributed by atoms with Crippen molar-refractivity contribution in [3.05, 3.63) is 29.3 Å². The lowest BCUT2D eigenvalue weighted by Crippen LogP contribution is -2.16. The van der Waals surface area contributed by atoms with E-state index in [-0.39, 0.29) is 0 Å². The molecule has 0 radical (unpaired) electrons. The van der Waals surface area contributed by atoms with Crippen LogP contribution in [0.4, 0.5) is 0 Å². The third-order valence-corrected chi connectivity index (χ3v) is 2.20. The van der Waals surface area contributed by atoms with Crippen molar-refractivity contribution in [1.29, 1.82) is 0 Å². The normalized spacial score (nSPS) is 12.5. The van der Waals surface area contributed by atoms with Crippen LogP contribution in [0, 0.1) is 0 Å². The molecule has 3 heteroatoms. The molecule has 1 aromatic rings. The third-order valence-electron chi connectivity index (χ3n) is 1.89. The maximum Gasteiger partial charge on any atom is 0.138 e. The fourth-order valence-corrected chi connectivity index (χ4v) is 1.35. The predicted octanol–water partition coefficient (Wildman–Crippen LogP) is 2.88. The van der Waals surface area contributed by atoms with E-state index in [0.717, 1.165) is 12.8 Å². The molecule has 0 heterocycles. The molecule has 1 aromatic carbocycles. The smallest absolute Gasteiger partial charge is 0.138 e. The van der Waals surface area contributed by atoms with E-state index in [1.54, 1.807) is 12.1 Å². The van der Waals surface area contributed by atoms with E-state index in [0.29, 0.717) is 17.4 Å². The standard InChI is InChI=1S/C11H15ClO2/c1-2-5-9(13)8-14-11-7-4-3-6-10(11)12/h3-4,6-7,9,13H,2,5,8H2,1H3. The monoisotopic (exact) mass is 214 g/mol. The zero-order valence-corrected chi connectivity index (χ0v) is 9.00. The van der Waals surface area contributed by atoms with Gasteiger partial charge in [-0.2, -0.15) is 0 Å². The first-order valence-corrected chi connectivity index (χ1v) is 5.17. The lowest BCUT2D eigenvalue weighted by Gasteiger charge is -2.11. The van der Waals surface area contributed by atoms with Crippen molar-refractivity contribution < 1.29 is 9.84 Å². The van der Waals surface area contributed by atoms with Crippen LogP contribution in [0.2, 0.25) is 5.02 Å². The highest BCUT2D eigenvalue weighted by molar-refractivity contribution is 6.32. The van der Waals surface area contributed by atoms with Crippen LogP contribution < -0.4 is 4.74 Å². The fraction of sp³-hybridized carbons (Fsp3) is 0.455. The molecule has 1 rings (SSSR count). The molecule has 14 heavy (non-hydrogen) atoms. The third kappa shape index (κ3) is 3.56. The van der Waals surface area contributed by atoms with Crippen LogP contribution in [-0.4, -0.2) is 17.8 Å². The van der Waals surface area contributed by atoms with Gasteiger partial charge in [0.2, 0.25) is 0 Å². The van der Waals surface area contributed by atoms with E-state index in [9.17, 15) is 5.11 Å². The molecule has 0 saturated heterocycles. The quantitative estimate of drug-likeness (QED) is 0.817. The summed E-state index contributed by atoms with van der Waals surface area (Å²) in [5.41, 5.74) is 0. The minimum absolute atomic E-state index is 0.303. The van der Waals surface area contributed by atoms with Gasteiger partial charge in [0.1, 0.15) is 12.4 Å². The minimum Gasteiger partial charge on any atom is -0.489 e. The van der Waals surface area contributed by atoms with Gasteiger partial charge in [-0.05, 0) is 18.6 Å². The highest BCUT2D eigenvalue weighted by Crippen LogP contribution is 2.23. The molecule has 78 valence electrons. The Morgan fingerprint density at radius 1 is 1.43 bits per heavy atom. The molecule has 0 amide bonds. The summed E-state index contributed by atoms with van der Waals surface area (Å²) in [6.07, 6.45) is 1.30. The Labute approximate surface area is 89.5 Å². The summed E-state index contributed by atoms with van der Waals surface area (Å²) >= 11 is 5.88. The Kier molecular flexibility index (Phi) is 4.77. The topological polar surface area (TPSA) is 29.5 Å². The molecule has 0 aliphatic rings. The Hall–Kier alpha value is -0.730. The Balaban J connectivity index is 2.41. The van der Waals surface area contributed by atoms with Crippen LogP contribution in [-0.2, 0) is 0 Å². The Bertz CT molecular complexity index is 276. The summed E-state index contributed by atoms with van der Waals surface area (Å²) < 4.78 is 5.37. The maximum atomic E-state index is 9.43. The highest BCUT2D eigenvalue weighted by Gasteiger charge is 2.05. The molecule has 1 unspecified atom stereocenters. The van der Waals surface area contributed by atoms with Gasteiger partial charge in [-0.1, -0.05) is 37.1 Å². The number of rotatable bonds is 5. The van der Waals surface area contributed by atoms with Crippen molar-refractivity contribution in [1.82, 2.24) is 0 Å². The summed E-state index contributed by atoms with van der Waals surface area (Å²) in [6.45, 7) is 2.33. The molecule has 1 atom stereocenters. The maximum absolute atomic E-state index is 9.43. The number of ether oxygens (including phenoxy) is 1. The zero-order chi connectivity index (χ0) is 10.4. The molecule has 0 aromatic heterocycles. The molecule has 0 spiro atoms. The van der Waals surface area contributed by atoms with Gasteiger partial charge < -0.3 is 9.84 Å².